The zero-order chi connectivity index (χ0) is 16.6. The molecule has 22 heavy (non-hydrogen) atoms. The highest BCUT2D eigenvalue weighted by Crippen LogP contribution is 2.00. The van der Waals surface area contributed by atoms with Gasteiger partial charge in [-0.15, -0.1) is 0 Å². The van der Waals surface area contributed by atoms with Crippen molar-refractivity contribution in [3.05, 3.63) is 18.0 Å². The summed E-state index contributed by atoms with van der Waals surface area (Å²) in [4.78, 5) is 4.15. The average Bonchev–Trinajstić information content (AvgIpc) is 2.85. The number of hydrogen-bond acceptors (Lipinski definition) is 4. The van der Waals surface area contributed by atoms with Gasteiger partial charge in [0.15, 0.2) is 5.96 Å². The van der Waals surface area contributed by atoms with Crippen molar-refractivity contribution in [1.29, 1.82) is 0 Å². The van der Waals surface area contributed by atoms with E-state index in [2.05, 4.69) is 20.7 Å². The lowest BCUT2D eigenvalue weighted by Gasteiger charge is -2.17. The molecule has 0 aliphatic carbocycles. The first kappa shape index (κ1) is 18.5. The van der Waals surface area contributed by atoms with Crippen molar-refractivity contribution in [2.24, 2.45) is 12.0 Å². The Balaban J connectivity index is 2.24. The molecule has 126 valence electrons. The molecule has 0 aliphatic rings. The zero-order valence-electron chi connectivity index (χ0n) is 13.8. The molecule has 1 atom stereocenters. The van der Waals surface area contributed by atoms with Crippen LogP contribution in [-0.4, -0.2) is 55.8 Å². The second kappa shape index (κ2) is 8.77. The van der Waals surface area contributed by atoms with Crippen LogP contribution in [0.3, 0.4) is 0 Å². The smallest absolute Gasteiger partial charge is 0.191 e. The van der Waals surface area contributed by atoms with Crippen LogP contribution in [0.25, 0.3) is 0 Å². The highest BCUT2D eigenvalue weighted by Gasteiger charge is 2.09. The van der Waals surface area contributed by atoms with Gasteiger partial charge < -0.3 is 10.6 Å². The highest BCUT2D eigenvalue weighted by molar-refractivity contribution is 7.90. The van der Waals surface area contributed by atoms with Crippen molar-refractivity contribution < 1.29 is 8.42 Å². The third-order valence-electron chi connectivity index (χ3n) is 3.22. The summed E-state index contributed by atoms with van der Waals surface area (Å²) in [5.41, 5.74) is 1.22. The number of rotatable bonds is 8. The van der Waals surface area contributed by atoms with E-state index in [0.717, 1.165) is 19.4 Å². The van der Waals surface area contributed by atoms with Crippen LogP contribution >= 0.6 is 0 Å². The summed E-state index contributed by atoms with van der Waals surface area (Å²) < 4.78 is 24.1. The van der Waals surface area contributed by atoms with E-state index in [1.165, 1.54) is 11.8 Å². The molecule has 0 aromatic carbocycles. The van der Waals surface area contributed by atoms with E-state index in [1.54, 1.807) is 11.7 Å². The van der Waals surface area contributed by atoms with Gasteiger partial charge in [0.25, 0.3) is 0 Å². The van der Waals surface area contributed by atoms with Gasteiger partial charge in [0.2, 0.25) is 0 Å². The Morgan fingerprint density at radius 1 is 1.50 bits per heavy atom. The summed E-state index contributed by atoms with van der Waals surface area (Å²) in [6.07, 6.45) is 7.65. The van der Waals surface area contributed by atoms with E-state index in [4.69, 9.17) is 0 Å². The largest absolute Gasteiger partial charge is 0.356 e. The molecule has 0 amide bonds. The van der Waals surface area contributed by atoms with Gasteiger partial charge in [0, 0.05) is 39.1 Å². The number of nitrogens with zero attached hydrogens (tertiary/aromatic N) is 3. The summed E-state index contributed by atoms with van der Waals surface area (Å²) in [6, 6.07) is 0.0549. The molecule has 0 saturated carbocycles. The summed E-state index contributed by atoms with van der Waals surface area (Å²) >= 11 is 0. The molecule has 0 bridgehead atoms. The zero-order valence-corrected chi connectivity index (χ0v) is 14.7. The lowest BCUT2D eigenvalue weighted by molar-refractivity contribution is 0.580. The standard InChI is InChI=1S/C14H27N5O2S/c1-12(7-9-22(4,20)21)18-14(15-2)16-8-5-6-13-10-17-19(3)11-13/h10-12H,5-9H2,1-4H3,(H2,15,16,18). The molecule has 1 aromatic heterocycles. The number of aliphatic imine (C=N–C) groups is 1. The molecule has 8 heteroatoms. The van der Waals surface area contributed by atoms with Crippen molar-refractivity contribution in [3.8, 4) is 0 Å². The molecule has 1 aromatic rings. The van der Waals surface area contributed by atoms with E-state index in [0.29, 0.717) is 12.4 Å². The molecule has 1 rings (SSSR count). The van der Waals surface area contributed by atoms with Crippen LogP contribution in [0.4, 0.5) is 0 Å². The van der Waals surface area contributed by atoms with Crippen LogP contribution in [0.1, 0.15) is 25.3 Å². The van der Waals surface area contributed by atoms with Crippen LogP contribution in [0, 0.1) is 0 Å². The van der Waals surface area contributed by atoms with Gasteiger partial charge in [-0.2, -0.15) is 5.10 Å². The second-order valence-corrected chi connectivity index (χ2v) is 7.85. The topological polar surface area (TPSA) is 88.4 Å². The molecule has 0 fully saturated rings. The Hall–Kier alpha value is -1.57. The Bertz CT molecular complexity index is 580. The summed E-state index contributed by atoms with van der Waals surface area (Å²) in [5, 5.41) is 10.6. The monoisotopic (exact) mass is 329 g/mol. The number of nitrogens with one attached hydrogen (secondary N) is 2. The van der Waals surface area contributed by atoms with E-state index in [1.807, 2.05) is 26.4 Å². The van der Waals surface area contributed by atoms with Gasteiger partial charge in [-0.25, -0.2) is 8.42 Å². The average molecular weight is 329 g/mol. The Labute approximate surface area is 133 Å². The fourth-order valence-electron chi connectivity index (χ4n) is 1.99. The quantitative estimate of drug-likeness (QED) is 0.408. The molecule has 2 N–H and O–H groups in total. The molecular formula is C14H27N5O2S. The normalized spacial score (nSPS) is 13.9. The van der Waals surface area contributed by atoms with Gasteiger partial charge in [-0.3, -0.25) is 9.67 Å². The van der Waals surface area contributed by atoms with E-state index in [-0.39, 0.29) is 11.8 Å². The van der Waals surface area contributed by atoms with Crippen LogP contribution < -0.4 is 10.6 Å². The molecule has 0 aliphatic heterocycles. The second-order valence-electron chi connectivity index (χ2n) is 5.59. The molecule has 0 spiro atoms. The lowest BCUT2D eigenvalue weighted by Crippen LogP contribution is -2.43. The Morgan fingerprint density at radius 2 is 2.23 bits per heavy atom. The maximum Gasteiger partial charge on any atom is 0.191 e. The summed E-state index contributed by atoms with van der Waals surface area (Å²) in [7, 11) is 0.697. The van der Waals surface area contributed by atoms with Crippen LogP contribution in [0.5, 0.6) is 0 Å². The number of hydrogen-bond donors (Lipinski definition) is 2. The van der Waals surface area contributed by atoms with Gasteiger partial charge in [-0.05, 0) is 31.7 Å². The number of sulfone groups is 1. The highest BCUT2D eigenvalue weighted by atomic mass is 32.2. The molecular weight excluding hydrogens is 302 g/mol. The van der Waals surface area contributed by atoms with Crippen molar-refractivity contribution in [2.45, 2.75) is 32.2 Å². The third kappa shape index (κ3) is 8.02. The van der Waals surface area contributed by atoms with Gasteiger partial charge in [0.1, 0.15) is 9.84 Å². The van der Waals surface area contributed by atoms with Crippen molar-refractivity contribution in [3.63, 3.8) is 0 Å². The number of guanidine groups is 1. The summed E-state index contributed by atoms with van der Waals surface area (Å²) in [5.74, 6) is 0.881. The van der Waals surface area contributed by atoms with Gasteiger partial charge >= 0.3 is 0 Å². The number of aryl methyl sites for hydroxylation is 2. The third-order valence-corrected chi connectivity index (χ3v) is 4.20. The first-order valence-electron chi connectivity index (χ1n) is 7.42. The minimum absolute atomic E-state index is 0.0549. The van der Waals surface area contributed by atoms with Crippen LogP contribution in [0.2, 0.25) is 0 Å². The first-order chi connectivity index (χ1) is 10.3. The Kier molecular flexibility index (Phi) is 7.37. The van der Waals surface area contributed by atoms with Crippen LogP contribution in [0.15, 0.2) is 17.4 Å². The predicted octanol–water partition coefficient (Wildman–Crippen LogP) is 0.341. The first-order valence-corrected chi connectivity index (χ1v) is 9.48. The molecule has 7 nitrogen and oxygen atoms in total. The lowest BCUT2D eigenvalue weighted by atomic mass is 10.2. The molecule has 1 heterocycles. The maximum absolute atomic E-state index is 11.2. The molecule has 0 saturated heterocycles. The minimum atomic E-state index is -2.92. The SMILES string of the molecule is CN=C(NCCCc1cnn(C)c1)NC(C)CCS(C)(=O)=O. The fraction of sp³-hybridized carbons (Fsp3) is 0.714. The van der Waals surface area contributed by atoms with Gasteiger partial charge in [0.05, 0.1) is 11.9 Å². The van der Waals surface area contributed by atoms with Crippen molar-refractivity contribution >= 4 is 15.8 Å². The molecule has 1 unspecified atom stereocenters. The van der Waals surface area contributed by atoms with E-state index >= 15 is 0 Å². The van der Waals surface area contributed by atoms with Crippen molar-refractivity contribution in [1.82, 2.24) is 20.4 Å². The maximum atomic E-state index is 11.2. The minimum Gasteiger partial charge on any atom is -0.356 e. The fourth-order valence-corrected chi connectivity index (χ4v) is 2.77. The Morgan fingerprint density at radius 3 is 2.77 bits per heavy atom. The van der Waals surface area contributed by atoms with Gasteiger partial charge in [-0.1, -0.05) is 0 Å². The predicted molar refractivity (Wildman–Crippen MR) is 89.8 cm³/mol. The van der Waals surface area contributed by atoms with Crippen molar-refractivity contribution in [2.75, 3.05) is 25.6 Å². The molecule has 0 radical (unpaired) electrons. The van der Waals surface area contributed by atoms with E-state index in [9.17, 15) is 8.42 Å². The van der Waals surface area contributed by atoms with E-state index < -0.39 is 9.84 Å². The summed E-state index contributed by atoms with van der Waals surface area (Å²) in [6.45, 7) is 2.75. The van der Waals surface area contributed by atoms with Crippen LogP contribution in [-0.2, 0) is 23.3 Å². The number of aromatic nitrogens is 2.